The molecule has 1 aromatic carbocycles. The van der Waals surface area contributed by atoms with Gasteiger partial charge in [0.25, 0.3) is 0 Å². The van der Waals surface area contributed by atoms with Gasteiger partial charge in [-0.1, -0.05) is 63.4 Å². The van der Waals surface area contributed by atoms with Crippen molar-refractivity contribution in [1.82, 2.24) is 4.90 Å². The highest BCUT2D eigenvalue weighted by molar-refractivity contribution is 5.81. The molecule has 0 radical (unpaired) electrons. The molecule has 3 nitrogen and oxygen atoms in total. The van der Waals surface area contributed by atoms with Crippen LogP contribution in [0.5, 0.6) is 0 Å². The Morgan fingerprint density at radius 3 is 2.15 bits per heavy atom. The summed E-state index contributed by atoms with van der Waals surface area (Å²) in [6.07, 6.45) is 2.85. The molecule has 20 heavy (non-hydrogen) atoms. The van der Waals surface area contributed by atoms with Crippen molar-refractivity contribution in [2.45, 2.75) is 27.0 Å². The zero-order valence-corrected chi connectivity index (χ0v) is 12.7. The number of nitrogens with zero attached hydrogens (tertiary/aromatic N) is 1. The summed E-state index contributed by atoms with van der Waals surface area (Å²) in [6, 6.07) is 10.0. The van der Waals surface area contributed by atoms with E-state index in [9.17, 15) is 4.79 Å². The van der Waals surface area contributed by atoms with Gasteiger partial charge in [-0.05, 0) is 25.6 Å². The fraction of sp³-hybridized carbons (Fsp3) is 0.353. The van der Waals surface area contributed by atoms with Gasteiger partial charge in [0.15, 0.2) is 6.23 Å². The van der Waals surface area contributed by atoms with Crippen LogP contribution in [0.2, 0.25) is 0 Å². The standard InChI is InChI=1S/C9H17NO2.C8H8/c1-5-9(11)12-8(4)10(6-2)7-3;1-2-8-6-4-3-5-7-8/h5,8H,1,6-7H2,2-4H3;2-7H,1H2. The third-order valence-corrected chi connectivity index (χ3v) is 2.82. The van der Waals surface area contributed by atoms with E-state index in [0.717, 1.165) is 13.1 Å². The molecule has 0 spiro atoms. The molecular weight excluding hydrogens is 250 g/mol. The fourth-order valence-electron chi connectivity index (χ4n) is 1.62. The van der Waals surface area contributed by atoms with Crippen LogP contribution in [0.25, 0.3) is 6.08 Å². The number of rotatable bonds is 6. The summed E-state index contributed by atoms with van der Waals surface area (Å²) in [6.45, 7) is 14.6. The molecule has 1 atom stereocenters. The zero-order valence-electron chi connectivity index (χ0n) is 12.7. The first kappa shape index (κ1) is 18.1. The van der Waals surface area contributed by atoms with Crippen molar-refractivity contribution in [3.8, 4) is 0 Å². The van der Waals surface area contributed by atoms with Gasteiger partial charge in [-0.2, -0.15) is 0 Å². The van der Waals surface area contributed by atoms with E-state index in [-0.39, 0.29) is 12.2 Å². The van der Waals surface area contributed by atoms with Gasteiger partial charge in [-0.3, -0.25) is 4.90 Å². The van der Waals surface area contributed by atoms with Crippen LogP contribution in [0, 0.1) is 0 Å². The van der Waals surface area contributed by atoms with Gasteiger partial charge in [0.1, 0.15) is 0 Å². The number of hydrogen-bond donors (Lipinski definition) is 0. The van der Waals surface area contributed by atoms with Crippen LogP contribution in [-0.2, 0) is 9.53 Å². The maximum Gasteiger partial charge on any atom is 0.331 e. The van der Waals surface area contributed by atoms with Crippen molar-refractivity contribution in [3.05, 3.63) is 55.1 Å². The molecule has 0 aromatic heterocycles. The zero-order chi connectivity index (χ0) is 15.4. The van der Waals surface area contributed by atoms with E-state index < -0.39 is 0 Å². The Labute approximate surface area is 122 Å². The Bertz CT molecular complexity index is 397. The average molecular weight is 275 g/mol. The molecule has 1 rings (SSSR count). The second-order valence-electron chi connectivity index (χ2n) is 4.08. The minimum Gasteiger partial charge on any atom is -0.443 e. The van der Waals surface area contributed by atoms with E-state index in [0.29, 0.717) is 0 Å². The molecule has 0 aliphatic rings. The van der Waals surface area contributed by atoms with Crippen LogP contribution < -0.4 is 0 Å². The van der Waals surface area contributed by atoms with E-state index in [2.05, 4.69) is 13.2 Å². The van der Waals surface area contributed by atoms with Crippen molar-refractivity contribution in [2.24, 2.45) is 0 Å². The Hall–Kier alpha value is -1.87. The lowest BCUT2D eigenvalue weighted by Gasteiger charge is -2.25. The van der Waals surface area contributed by atoms with Gasteiger partial charge in [0.2, 0.25) is 0 Å². The smallest absolute Gasteiger partial charge is 0.331 e. The number of carbonyl (C=O) groups excluding carboxylic acids is 1. The average Bonchev–Trinajstić information content (AvgIpc) is 2.49. The first-order valence-electron chi connectivity index (χ1n) is 6.83. The van der Waals surface area contributed by atoms with Crippen molar-refractivity contribution in [1.29, 1.82) is 0 Å². The summed E-state index contributed by atoms with van der Waals surface area (Å²) >= 11 is 0. The predicted molar refractivity (Wildman–Crippen MR) is 85.2 cm³/mol. The highest BCUT2D eigenvalue weighted by atomic mass is 16.6. The highest BCUT2D eigenvalue weighted by Gasteiger charge is 2.12. The third kappa shape index (κ3) is 7.54. The lowest BCUT2D eigenvalue weighted by atomic mass is 10.2. The molecule has 3 heteroatoms. The van der Waals surface area contributed by atoms with Gasteiger partial charge in [-0.25, -0.2) is 4.79 Å². The molecule has 0 amide bonds. The number of hydrogen-bond acceptors (Lipinski definition) is 3. The molecule has 0 saturated carbocycles. The molecular formula is C17H25NO2. The van der Waals surface area contributed by atoms with E-state index in [1.165, 1.54) is 11.6 Å². The van der Waals surface area contributed by atoms with Crippen LogP contribution in [0.4, 0.5) is 0 Å². The SMILES string of the molecule is C=CC(=O)OC(C)N(CC)CC.C=Cc1ccccc1. The number of esters is 1. The van der Waals surface area contributed by atoms with Crippen molar-refractivity contribution >= 4 is 12.0 Å². The lowest BCUT2D eigenvalue weighted by molar-refractivity contribution is -0.150. The van der Waals surface area contributed by atoms with E-state index >= 15 is 0 Å². The van der Waals surface area contributed by atoms with E-state index in [1.807, 2.05) is 62.1 Å². The molecule has 0 bridgehead atoms. The Morgan fingerprint density at radius 1 is 1.25 bits per heavy atom. The Balaban J connectivity index is 0.000000388. The van der Waals surface area contributed by atoms with E-state index in [4.69, 9.17) is 4.74 Å². The lowest BCUT2D eigenvalue weighted by Crippen LogP contribution is -2.35. The summed E-state index contributed by atoms with van der Waals surface area (Å²) in [7, 11) is 0. The van der Waals surface area contributed by atoms with Crippen molar-refractivity contribution in [2.75, 3.05) is 13.1 Å². The Morgan fingerprint density at radius 2 is 1.80 bits per heavy atom. The number of carbonyl (C=O) groups is 1. The monoisotopic (exact) mass is 275 g/mol. The summed E-state index contributed by atoms with van der Waals surface area (Å²) < 4.78 is 5.01. The molecule has 0 heterocycles. The number of benzene rings is 1. The molecule has 1 unspecified atom stereocenters. The largest absolute Gasteiger partial charge is 0.443 e. The molecule has 0 saturated heterocycles. The molecule has 0 N–H and O–H groups in total. The first-order chi connectivity index (χ1) is 9.58. The van der Waals surface area contributed by atoms with E-state index in [1.54, 1.807) is 0 Å². The second-order valence-corrected chi connectivity index (χ2v) is 4.08. The minimum absolute atomic E-state index is 0.162. The van der Waals surface area contributed by atoms with Gasteiger partial charge in [0.05, 0.1) is 0 Å². The van der Waals surface area contributed by atoms with Crippen LogP contribution >= 0.6 is 0 Å². The normalized spacial score (nSPS) is 11.0. The fourth-order valence-corrected chi connectivity index (χ4v) is 1.62. The van der Waals surface area contributed by atoms with Gasteiger partial charge in [-0.15, -0.1) is 0 Å². The van der Waals surface area contributed by atoms with Crippen LogP contribution in [0.3, 0.4) is 0 Å². The maximum atomic E-state index is 10.8. The van der Waals surface area contributed by atoms with Gasteiger partial charge < -0.3 is 4.74 Å². The quantitative estimate of drug-likeness (QED) is 0.450. The van der Waals surface area contributed by atoms with Crippen LogP contribution in [0.15, 0.2) is 49.6 Å². The minimum atomic E-state index is -0.366. The molecule has 0 fully saturated rings. The number of ether oxygens (including phenoxy) is 1. The van der Waals surface area contributed by atoms with Gasteiger partial charge >= 0.3 is 5.97 Å². The Kier molecular flexibility index (Phi) is 9.97. The molecule has 0 aliphatic heterocycles. The van der Waals surface area contributed by atoms with Crippen LogP contribution in [-0.4, -0.2) is 30.2 Å². The van der Waals surface area contributed by atoms with Crippen molar-refractivity contribution in [3.63, 3.8) is 0 Å². The van der Waals surface area contributed by atoms with Crippen molar-refractivity contribution < 1.29 is 9.53 Å². The predicted octanol–water partition coefficient (Wildman–Crippen LogP) is 3.73. The highest BCUT2D eigenvalue weighted by Crippen LogP contribution is 2.00. The topological polar surface area (TPSA) is 29.5 Å². The van der Waals surface area contributed by atoms with Gasteiger partial charge in [0, 0.05) is 6.08 Å². The molecule has 110 valence electrons. The second kappa shape index (κ2) is 11.0. The third-order valence-electron chi connectivity index (χ3n) is 2.82. The van der Waals surface area contributed by atoms with Crippen LogP contribution in [0.1, 0.15) is 26.3 Å². The summed E-state index contributed by atoms with van der Waals surface area (Å²) in [5.41, 5.74) is 1.17. The summed E-state index contributed by atoms with van der Waals surface area (Å²) in [5.74, 6) is -0.366. The maximum absolute atomic E-state index is 10.8. The summed E-state index contributed by atoms with van der Waals surface area (Å²) in [4.78, 5) is 12.8. The summed E-state index contributed by atoms with van der Waals surface area (Å²) in [5, 5.41) is 0. The first-order valence-corrected chi connectivity index (χ1v) is 6.83. The molecule has 1 aromatic rings. The molecule has 0 aliphatic carbocycles.